The summed E-state index contributed by atoms with van der Waals surface area (Å²) >= 11 is 0. The van der Waals surface area contributed by atoms with Crippen LogP contribution in [-0.2, 0) is 13.0 Å². The maximum Gasteiger partial charge on any atom is 0.132 e. The summed E-state index contributed by atoms with van der Waals surface area (Å²) in [6, 6.07) is 8.76. The number of hydrogen-bond acceptors (Lipinski definition) is 2. The van der Waals surface area contributed by atoms with Crippen molar-refractivity contribution in [3.05, 3.63) is 53.4 Å². The molecule has 0 amide bonds. The fourth-order valence-electron chi connectivity index (χ4n) is 3.47. The van der Waals surface area contributed by atoms with Crippen molar-refractivity contribution in [3.63, 3.8) is 0 Å². The van der Waals surface area contributed by atoms with Gasteiger partial charge in [-0.25, -0.2) is 0 Å². The molecule has 3 nitrogen and oxygen atoms in total. The van der Waals surface area contributed by atoms with Crippen molar-refractivity contribution in [2.75, 3.05) is 0 Å². The number of nitrogens with zero attached hydrogens (tertiary/aromatic N) is 2. The zero-order valence-corrected chi connectivity index (χ0v) is 16.2. The van der Waals surface area contributed by atoms with Gasteiger partial charge in [-0.15, -0.1) is 0 Å². The molecule has 1 aliphatic rings. The Morgan fingerprint density at radius 2 is 1.92 bits per heavy atom. The first-order chi connectivity index (χ1) is 12.2. The van der Waals surface area contributed by atoms with Gasteiger partial charge < -0.3 is 4.74 Å². The molecule has 1 saturated carbocycles. The van der Waals surface area contributed by atoms with E-state index in [1.165, 1.54) is 36.8 Å². The van der Waals surface area contributed by atoms with Crippen molar-refractivity contribution in [1.82, 2.24) is 9.78 Å². The standard InChI is InChI=1S/C20H26N2O.C2H6/c1-4-16-10-6-9-13-20(16)23-14-18-15(3)19(5-2)22(21-18)17-11-7-8-12-17;1-2/h5-6,9-10,13,17H,2,4,7-8,11-12,14H2,1,3H3;1-2H3. The Hall–Kier alpha value is -2.03. The van der Waals surface area contributed by atoms with Gasteiger partial charge in [-0.1, -0.05) is 58.4 Å². The molecule has 25 heavy (non-hydrogen) atoms. The van der Waals surface area contributed by atoms with Crippen LogP contribution in [0.1, 0.15) is 75.0 Å². The molecular weight excluding hydrogens is 308 g/mol. The van der Waals surface area contributed by atoms with E-state index in [9.17, 15) is 0 Å². The van der Waals surface area contributed by atoms with Crippen LogP contribution in [0.5, 0.6) is 5.75 Å². The summed E-state index contributed by atoms with van der Waals surface area (Å²) in [6.07, 6.45) is 7.96. The zero-order valence-electron chi connectivity index (χ0n) is 16.2. The Morgan fingerprint density at radius 1 is 1.24 bits per heavy atom. The third kappa shape index (κ3) is 4.33. The van der Waals surface area contributed by atoms with Gasteiger partial charge >= 0.3 is 0 Å². The Morgan fingerprint density at radius 3 is 2.56 bits per heavy atom. The number of para-hydroxylation sites is 1. The topological polar surface area (TPSA) is 27.1 Å². The summed E-state index contributed by atoms with van der Waals surface area (Å²) in [5, 5.41) is 4.85. The molecule has 0 spiro atoms. The Balaban J connectivity index is 0.00000109. The largest absolute Gasteiger partial charge is 0.487 e. The second-order valence-electron chi connectivity index (χ2n) is 6.29. The molecule has 3 heteroatoms. The van der Waals surface area contributed by atoms with Crippen molar-refractivity contribution < 1.29 is 4.74 Å². The number of hydrogen-bond donors (Lipinski definition) is 0. The van der Waals surface area contributed by atoms with Crippen LogP contribution in [0.3, 0.4) is 0 Å². The van der Waals surface area contributed by atoms with Crippen molar-refractivity contribution in [3.8, 4) is 5.75 Å². The summed E-state index contributed by atoms with van der Waals surface area (Å²) in [5.41, 5.74) is 4.61. The minimum absolute atomic E-state index is 0.517. The summed E-state index contributed by atoms with van der Waals surface area (Å²) in [6.45, 7) is 12.8. The molecule has 1 fully saturated rings. The summed E-state index contributed by atoms with van der Waals surface area (Å²) in [5.74, 6) is 0.963. The van der Waals surface area contributed by atoms with Crippen LogP contribution >= 0.6 is 0 Å². The molecule has 0 saturated heterocycles. The number of ether oxygens (including phenoxy) is 1. The third-order valence-corrected chi connectivity index (χ3v) is 4.87. The summed E-state index contributed by atoms with van der Waals surface area (Å²) in [4.78, 5) is 0. The van der Waals surface area contributed by atoms with Crippen LogP contribution in [0.15, 0.2) is 30.8 Å². The lowest BCUT2D eigenvalue weighted by atomic mass is 10.1. The number of benzene rings is 1. The van der Waals surface area contributed by atoms with Gasteiger partial charge in [-0.2, -0.15) is 5.10 Å². The molecule has 2 aromatic rings. The highest BCUT2D eigenvalue weighted by Gasteiger charge is 2.22. The van der Waals surface area contributed by atoms with E-state index in [0.717, 1.165) is 23.6 Å². The van der Waals surface area contributed by atoms with Crippen molar-refractivity contribution in [1.29, 1.82) is 0 Å². The normalized spacial score (nSPS) is 14.1. The van der Waals surface area contributed by atoms with Crippen LogP contribution in [-0.4, -0.2) is 9.78 Å². The van der Waals surface area contributed by atoms with E-state index in [2.05, 4.69) is 37.2 Å². The number of aryl methyl sites for hydroxylation is 1. The average Bonchev–Trinajstić information content (AvgIpc) is 3.29. The second-order valence-corrected chi connectivity index (χ2v) is 6.29. The predicted molar refractivity (Wildman–Crippen MR) is 106 cm³/mol. The summed E-state index contributed by atoms with van der Waals surface area (Å²) < 4.78 is 8.24. The van der Waals surface area contributed by atoms with Gasteiger partial charge in [0, 0.05) is 5.56 Å². The van der Waals surface area contributed by atoms with E-state index < -0.39 is 0 Å². The lowest BCUT2D eigenvalue weighted by Gasteiger charge is -2.12. The van der Waals surface area contributed by atoms with Gasteiger partial charge in [-0.05, 0) is 43.9 Å². The third-order valence-electron chi connectivity index (χ3n) is 4.87. The first-order valence-electron chi connectivity index (χ1n) is 9.65. The Kier molecular flexibility index (Phi) is 7.30. The van der Waals surface area contributed by atoms with Gasteiger partial charge in [0.15, 0.2) is 0 Å². The molecule has 1 aliphatic carbocycles. The molecule has 0 aliphatic heterocycles. The highest BCUT2D eigenvalue weighted by molar-refractivity contribution is 5.49. The lowest BCUT2D eigenvalue weighted by molar-refractivity contribution is 0.294. The van der Waals surface area contributed by atoms with Crippen molar-refractivity contribution in [2.45, 2.75) is 72.4 Å². The maximum absolute atomic E-state index is 6.06. The van der Waals surface area contributed by atoms with E-state index >= 15 is 0 Å². The van der Waals surface area contributed by atoms with E-state index in [1.807, 2.05) is 32.1 Å². The van der Waals surface area contributed by atoms with Crippen molar-refractivity contribution >= 4 is 6.08 Å². The minimum Gasteiger partial charge on any atom is -0.487 e. The molecule has 0 radical (unpaired) electrons. The minimum atomic E-state index is 0.517. The fourth-order valence-corrected chi connectivity index (χ4v) is 3.47. The summed E-state index contributed by atoms with van der Waals surface area (Å²) in [7, 11) is 0. The Bertz CT molecular complexity index is 681. The van der Waals surface area contributed by atoms with Gasteiger partial charge in [0.1, 0.15) is 18.1 Å². The smallest absolute Gasteiger partial charge is 0.132 e. The van der Waals surface area contributed by atoms with Crippen molar-refractivity contribution in [2.24, 2.45) is 0 Å². The first kappa shape index (κ1) is 19.3. The zero-order chi connectivity index (χ0) is 18.2. The van der Waals surface area contributed by atoms with E-state index in [0.29, 0.717) is 12.6 Å². The average molecular weight is 341 g/mol. The van der Waals surface area contributed by atoms with Gasteiger partial charge in [0.2, 0.25) is 0 Å². The molecule has 1 aromatic carbocycles. The molecule has 0 unspecified atom stereocenters. The molecule has 1 aromatic heterocycles. The quantitative estimate of drug-likeness (QED) is 0.633. The van der Waals surface area contributed by atoms with Crippen LogP contribution in [0, 0.1) is 6.92 Å². The second kappa shape index (κ2) is 9.45. The van der Waals surface area contributed by atoms with Crippen LogP contribution < -0.4 is 4.74 Å². The van der Waals surface area contributed by atoms with Gasteiger partial charge in [0.05, 0.1) is 11.7 Å². The molecule has 0 bridgehead atoms. The fraction of sp³-hybridized carbons (Fsp3) is 0.500. The number of rotatable bonds is 6. The molecular formula is C22H32N2O. The molecule has 3 rings (SSSR count). The monoisotopic (exact) mass is 340 g/mol. The van der Waals surface area contributed by atoms with E-state index in [-0.39, 0.29) is 0 Å². The molecule has 1 heterocycles. The molecule has 0 N–H and O–H groups in total. The van der Waals surface area contributed by atoms with Crippen LogP contribution in [0.25, 0.3) is 6.08 Å². The SMILES string of the molecule is C=Cc1c(C)c(COc2ccccc2CC)nn1C1CCCC1.CC. The number of aromatic nitrogens is 2. The molecule has 0 atom stereocenters. The first-order valence-corrected chi connectivity index (χ1v) is 9.65. The maximum atomic E-state index is 6.06. The Labute approximate surface area is 152 Å². The highest BCUT2D eigenvalue weighted by Crippen LogP contribution is 2.32. The highest BCUT2D eigenvalue weighted by atomic mass is 16.5. The van der Waals surface area contributed by atoms with E-state index in [1.54, 1.807) is 0 Å². The van der Waals surface area contributed by atoms with Crippen LogP contribution in [0.4, 0.5) is 0 Å². The van der Waals surface area contributed by atoms with Crippen LogP contribution in [0.2, 0.25) is 0 Å². The van der Waals surface area contributed by atoms with Gasteiger partial charge in [-0.3, -0.25) is 4.68 Å². The molecule has 136 valence electrons. The lowest BCUT2D eigenvalue weighted by Crippen LogP contribution is -2.09. The van der Waals surface area contributed by atoms with Gasteiger partial charge in [0.25, 0.3) is 0 Å². The predicted octanol–water partition coefficient (Wildman–Crippen LogP) is 6.12. The van der Waals surface area contributed by atoms with E-state index in [4.69, 9.17) is 9.84 Å².